The van der Waals surface area contributed by atoms with Crippen LogP contribution in [0.3, 0.4) is 0 Å². The second-order valence-corrected chi connectivity index (χ2v) is 7.37. The van der Waals surface area contributed by atoms with Crippen molar-refractivity contribution in [2.24, 2.45) is 0 Å². The maximum absolute atomic E-state index is 6.28. The number of nitrogens with zero attached hydrogens (tertiary/aromatic N) is 1. The fourth-order valence-corrected chi connectivity index (χ4v) is 4.41. The maximum atomic E-state index is 6.28. The van der Waals surface area contributed by atoms with E-state index in [1.165, 1.54) is 11.1 Å². The minimum Gasteiger partial charge on any atom is -0.457 e. The molecule has 0 radical (unpaired) electrons. The number of likely N-dealkylation sites (tertiary alicyclic amines) is 1. The molecular formula is C19H21ClNO2+. The molecule has 0 N–H and O–H groups in total. The van der Waals surface area contributed by atoms with Crippen LogP contribution in [0.1, 0.15) is 23.0 Å². The molecule has 3 nitrogen and oxygen atoms in total. The van der Waals surface area contributed by atoms with Gasteiger partial charge in [-0.25, -0.2) is 0 Å². The molecule has 4 rings (SSSR count). The van der Waals surface area contributed by atoms with E-state index in [-0.39, 0.29) is 0 Å². The van der Waals surface area contributed by atoms with Gasteiger partial charge in [0, 0.05) is 35.1 Å². The summed E-state index contributed by atoms with van der Waals surface area (Å²) in [6, 6.07) is 14.4. The highest BCUT2D eigenvalue weighted by molar-refractivity contribution is 6.30. The van der Waals surface area contributed by atoms with Gasteiger partial charge in [0.2, 0.25) is 0 Å². The van der Waals surface area contributed by atoms with Crippen LogP contribution in [-0.4, -0.2) is 38.5 Å². The predicted octanol–water partition coefficient (Wildman–Crippen LogP) is 4.38. The van der Waals surface area contributed by atoms with E-state index in [0.717, 1.165) is 40.8 Å². The molecule has 23 heavy (non-hydrogen) atoms. The molecule has 1 saturated heterocycles. The van der Waals surface area contributed by atoms with Gasteiger partial charge in [0.25, 0.3) is 0 Å². The summed E-state index contributed by atoms with van der Waals surface area (Å²) >= 11 is 6.28. The lowest BCUT2D eigenvalue weighted by Gasteiger charge is -2.29. The van der Waals surface area contributed by atoms with Crippen molar-refractivity contribution in [3.8, 4) is 11.5 Å². The van der Waals surface area contributed by atoms with Gasteiger partial charge in [0.05, 0.1) is 20.1 Å². The summed E-state index contributed by atoms with van der Waals surface area (Å²) in [5.41, 5.74) is 2.51. The quantitative estimate of drug-likeness (QED) is 0.761. The molecule has 2 aliphatic rings. The van der Waals surface area contributed by atoms with Gasteiger partial charge >= 0.3 is 0 Å². The molecule has 0 aromatic heterocycles. The first kappa shape index (κ1) is 15.0. The first-order valence-corrected chi connectivity index (χ1v) is 8.36. The summed E-state index contributed by atoms with van der Waals surface area (Å²) in [6.07, 6.45) is 0. The minimum absolute atomic E-state index is 0.396. The lowest BCUT2D eigenvalue weighted by Crippen LogP contribution is -2.43. The number of rotatable bonds is 2. The molecule has 0 amide bonds. The summed E-state index contributed by atoms with van der Waals surface area (Å²) in [4.78, 5) is 0. The molecule has 1 fully saturated rings. The highest BCUT2D eigenvalue weighted by Gasteiger charge is 2.47. The second kappa shape index (κ2) is 5.52. The normalized spacial score (nSPS) is 28.3. The number of likely N-dealkylation sites (N-methyl/N-ethyl adjacent to an activating group) is 1. The number of hydrogen-bond donors (Lipinski definition) is 0. The number of ether oxygens (including phenoxy) is 2. The van der Waals surface area contributed by atoms with Crippen LogP contribution in [0.25, 0.3) is 0 Å². The molecule has 0 aliphatic carbocycles. The van der Waals surface area contributed by atoms with Crippen molar-refractivity contribution in [3.63, 3.8) is 0 Å². The zero-order valence-electron chi connectivity index (χ0n) is 13.5. The van der Waals surface area contributed by atoms with E-state index in [0.29, 0.717) is 11.8 Å². The zero-order valence-corrected chi connectivity index (χ0v) is 14.2. The third kappa shape index (κ3) is 2.53. The Bertz CT molecular complexity index is 748. The maximum Gasteiger partial charge on any atom is 0.182 e. The van der Waals surface area contributed by atoms with Crippen LogP contribution in [0, 0.1) is 0 Å². The second-order valence-electron chi connectivity index (χ2n) is 6.94. The average Bonchev–Trinajstić information content (AvgIpc) is 2.82. The Kier molecular flexibility index (Phi) is 3.60. The van der Waals surface area contributed by atoms with Crippen molar-refractivity contribution in [2.75, 3.05) is 34.0 Å². The molecule has 2 aliphatic heterocycles. The largest absolute Gasteiger partial charge is 0.457 e. The Labute approximate surface area is 142 Å². The number of methoxy groups -OCH3 is 1. The highest BCUT2D eigenvalue weighted by Crippen LogP contribution is 2.51. The molecule has 2 aromatic rings. The summed E-state index contributed by atoms with van der Waals surface area (Å²) in [6.45, 7) is 2.81. The van der Waals surface area contributed by atoms with E-state index in [2.05, 4.69) is 31.3 Å². The zero-order chi connectivity index (χ0) is 16.0. The first-order chi connectivity index (χ1) is 11.1. The lowest BCUT2D eigenvalue weighted by atomic mass is 9.84. The van der Waals surface area contributed by atoms with Crippen LogP contribution in [0.2, 0.25) is 5.02 Å². The molecule has 0 saturated carbocycles. The molecule has 3 unspecified atom stereocenters. The molecule has 0 spiro atoms. The Balaban J connectivity index is 1.87. The summed E-state index contributed by atoms with van der Waals surface area (Å²) in [5.74, 6) is 2.72. The van der Waals surface area contributed by atoms with Crippen LogP contribution in [0.15, 0.2) is 42.5 Å². The van der Waals surface area contributed by atoms with Gasteiger partial charge in [-0.1, -0.05) is 29.8 Å². The molecule has 0 bridgehead atoms. The van der Waals surface area contributed by atoms with Crippen LogP contribution >= 0.6 is 11.6 Å². The smallest absolute Gasteiger partial charge is 0.182 e. The number of hydrogen-bond acceptors (Lipinski definition) is 2. The number of halogens is 1. The van der Waals surface area contributed by atoms with Gasteiger partial charge in [-0.2, -0.15) is 0 Å². The lowest BCUT2D eigenvalue weighted by molar-refractivity contribution is -0.917. The first-order valence-electron chi connectivity index (χ1n) is 7.98. The number of para-hydroxylation sites is 1. The van der Waals surface area contributed by atoms with Crippen LogP contribution in [0.5, 0.6) is 11.5 Å². The third-order valence-electron chi connectivity index (χ3n) is 5.11. The molecule has 4 heteroatoms. The topological polar surface area (TPSA) is 18.5 Å². The van der Waals surface area contributed by atoms with Gasteiger partial charge in [-0.3, -0.25) is 0 Å². The molecule has 3 atom stereocenters. The predicted molar refractivity (Wildman–Crippen MR) is 91.2 cm³/mol. The Morgan fingerprint density at radius 3 is 2.57 bits per heavy atom. The summed E-state index contributed by atoms with van der Waals surface area (Å²) < 4.78 is 12.6. The third-order valence-corrected chi connectivity index (χ3v) is 5.35. The van der Waals surface area contributed by atoms with Crippen LogP contribution in [-0.2, 0) is 4.74 Å². The molecule has 120 valence electrons. The molecule has 2 heterocycles. The van der Waals surface area contributed by atoms with Gasteiger partial charge in [0.1, 0.15) is 11.5 Å². The number of quaternary nitrogens is 1. The number of benzene rings is 2. The highest BCUT2D eigenvalue weighted by atomic mass is 35.5. The van der Waals surface area contributed by atoms with Crippen molar-refractivity contribution < 1.29 is 14.0 Å². The van der Waals surface area contributed by atoms with E-state index < -0.39 is 0 Å². The van der Waals surface area contributed by atoms with E-state index >= 15 is 0 Å². The summed E-state index contributed by atoms with van der Waals surface area (Å²) in [7, 11) is 4.05. The van der Waals surface area contributed by atoms with Gasteiger partial charge in [-0.15, -0.1) is 0 Å². The Morgan fingerprint density at radius 1 is 1.09 bits per heavy atom. The van der Waals surface area contributed by atoms with E-state index in [1.807, 2.05) is 18.2 Å². The van der Waals surface area contributed by atoms with Crippen molar-refractivity contribution in [1.29, 1.82) is 0 Å². The molecular weight excluding hydrogens is 310 g/mol. The SMILES string of the molecule is COC[N+]1(C)CC2c3ccccc3Oc3ccc(Cl)cc3C2C1. The monoisotopic (exact) mass is 330 g/mol. The van der Waals surface area contributed by atoms with E-state index in [4.69, 9.17) is 21.1 Å². The van der Waals surface area contributed by atoms with E-state index in [1.54, 1.807) is 7.11 Å². The number of fused-ring (bicyclic) bond motifs is 5. The van der Waals surface area contributed by atoms with Crippen molar-refractivity contribution in [2.45, 2.75) is 11.8 Å². The fraction of sp³-hybridized carbons (Fsp3) is 0.368. The Hall–Kier alpha value is -1.55. The standard InChI is InChI=1S/C19H21ClNO2/c1-21(12-22-2)10-16-14-5-3-4-6-18(14)23-19-8-7-13(20)9-15(19)17(16)11-21/h3-9,16-17H,10-12H2,1-2H3/q+1. The average molecular weight is 331 g/mol. The van der Waals surface area contributed by atoms with Crippen LogP contribution in [0.4, 0.5) is 0 Å². The van der Waals surface area contributed by atoms with Gasteiger partial charge in [0.15, 0.2) is 6.73 Å². The van der Waals surface area contributed by atoms with Crippen molar-refractivity contribution >= 4 is 11.6 Å². The fourth-order valence-electron chi connectivity index (χ4n) is 4.23. The van der Waals surface area contributed by atoms with Crippen LogP contribution < -0.4 is 4.74 Å². The van der Waals surface area contributed by atoms with E-state index in [9.17, 15) is 0 Å². The van der Waals surface area contributed by atoms with Gasteiger partial charge in [-0.05, 0) is 24.3 Å². The Morgan fingerprint density at radius 2 is 1.78 bits per heavy atom. The summed E-state index contributed by atoms with van der Waals surface area (Å²) in [5, 5.41) is 0.768. The van der Waals surface area contributed by atoms with Crippen molar-refractivity contribution in [1.82, 2.24) is 0 Å². The molecule has 2 aromatic carbocycles. The minimum atomic E-state index is 0.396. The van der Waals surface area contributed by atoms with Crippen molar-refractivity contribution in [3.05, 3.63) is 58.6 Å². The van der Waals surface area contributed by atoms with Gasteiger partial charge < -0.3 is 14.0 Å².